The van der Waals surface area contributed by atoms with E-state index in [-0.39, 0.29) is 0 Å². The second-order valence-electron chi connectivity index (χ2n) is 3.85. The van der Waals surface area contributed by atoms with Gasteiger partial charge in [0.1, 0.15) is 0 Å². The Bertz CT molecular complexity index is 574. The molecule has 0 bridgehead atoms. The molecule has 94 valence electrons. The molecule has 0 spiro atoms. The van der Waals surface area contributed by atoms with Gasteiger partial charge in [-0.3, -0.25) is 0 Å². The van der Waals surface area contributed by atoms with E-state index in [4.69, 9.17) is 22.9 Å². The van der Waals surface area contributed by atoms with Gasteiger partial charge < -0.3 is 22.9 Å². The van der Waals surface area contributed by atoms with Crippen molar-refractivity contribution in [1.29, 1.82) is 0 Å². The Labute approximate surface area is 107 Å². The average Bonchev–Trinajstić information content (AvgIpc) is 2.35. The first-order valence-corrected chi connectivity index (χ1v) is 6.36. The van der Waals surface area contributed by atoms with Gasteiger partial charge in [0, 0.05) is 9.79 Å². The molecule has 0 saturated heterocycles. The lowest BCUT2D eigenvalue weighted by Crippen LogP contribution is -2.00. The predicted octanol–water partition coefficient (Wildman–Crippen LogP) is 1.18. The van der Waals surface area contributed by atoms with Crippen molar-refractivity contribution in [2.75, 3.05) is 22.9 Å². The lowest BCUT2D eigenvalue weighted by Gasteiger charge is -2.07. The number of hydrogen-bond donors (Lipinski definition) is 4. The minimum absolute atomic E-state index is 0.407. The first-order valence-electron chi connectivity index (χ1n) is 5.21. The normalized spacial score (nSPS) is 10.7. The molecule has 18 heavy (non-hydrogen) atoms. The summed E-state index contributed by atoms with van der Waals surface area (Å²) in [5, 5.41) is 0. The van der Waals surface area contributed by atoms with Crippen molar-refractivity contribution < 1.29 is 4.21 Å². The van der Waals surface area contributed by atoms with Crippen molar-refractivity contribution >= 4 is 33.5 Å². The smallest absolute Gasteiger partial charge is 0.0851 e. The van der Waals surface area contributed by atoms with Gasteiger partial charge in [0.05, 0.1) is 33.5 Å². The highest BCUT2D eigenvalue weighted by Gasteiger charge is 2.09. The summed E-state index contributed by atoms with van der Waals surface area (Å²) >= 11 is 0. The fourth-order valence-corrected chi connectivity index (χ4v) is 2.60. The van der Waals surface area contributed by atoms with Gasteiger partial charge in [0.25, 0.3) is 0 Å². The highest BCUT2D eigenvalue weighted by molar-refractivity contribution is 7.85. The Balaban J connectivity index is 2.41. The number of hydrogen-bond acceptors (Lipinski definition) is 5. The number of anilines is 4. The van der Waals surface area contributed by atoms with Crippen molar-refractivity contribution in [2.24, 2.45) is 0 Å². The third-order valence-corrected chi connectivity index (χ3v) is 3.91. The van der Waals surface area contributed by atoms with Gasteiger partial charge in [-0.15, -0.1) is 0 Å². The van der Waals surface area contributed by atoms with Gasteiger partial charge >= 0.3 is 0 Å². The maximum Gasteiger partial charge on any atom is 0.0851 e. The second-order valence-corrected chi connectivity index (χ2v) is 5.33. The fraction of sp³-hybridized carbons (Fsp3) is 0. The van der Waals surface area contributed by atoms with Crippen molar-refractivity contribution in [3.05, 3.63) is 36.4 Å². The monoisotopic (exact) mass is 262 g/mol. The van der Waals surface area contributed by atoms with Crippen LogP contribution in [0.5, 0.6) is 0 Å². The molecule has 0 aliphatic rings. The maximum atomic E-state index is 12.3. The zero-order chi connectivity index (χ0) is 13.3. The Hall–Kier alpha value is -2.21. The van der Waals surface area contributed by atoms with Crippen LogP contribution < -0.4 is 22.9 Å². The molecule has 8 N–H and O–H groups in total. The van der Waals surface area contributed by atoms with Crippen LogP contribution in [0.2, 0.25) is 0 Å². The molecule has 0 aliphatic heterocycles. The SMILES string of the molecule is Nc1ccc(S(=O)c2ccc(N)c(N)c2)cc1N. The van der Waals surface area contributed by atoms with Crippen LogP contribution in [0.25, 0.3) is 0 Å². The maximum absolute atomic E-state index is 12.3. The number of benzene rings is 2. The van der Waals surface area contributed by atoms with Gasteiger partial charge in [-0.05, 0) is 36.4 Å². The van der Waals surface area contributed by atoms with Gasteiger partial charge in [-0.25, -0.2) is 4.21 Å². The van der Waals surface area contributed by atoms with E-state index < -0.39 is 10.8 Å². The standard InChI is InChI=1S/C12H14N4OS/c13-9-3-1-7(5-11(9)15)18(17)8-2-4-10(14)12(16)6-8/h1-6H,13-16H2. The first kappa shape index (κ1) is 12.3. The Morgan fingerprint density at radius 1 is 0.667 bits per heavy atom. The molecule has 0 aromatic heterocycles. The topological polar surface area (TPSA) is 121 Å². The van der Waals surface area contributed by atoms with Gasteiger partial charge in [-0.1, -0.05) is 0 Å². The number of nitrogen functional groups attached to an aromatic ring is 4. The van der Waals surface area contributed by atoms with Crippen LogP contribution >= 0.6 is 0 Å². The predicted molar refractivity (Wildman–Crippen MR) is 75.2 cm³/mol. The molecule has 0 aliphatic carbocycles. The largest absolute Gasteiger partial charge is 0.397 e. The molecule has 0 fully saturated rings. The van der Waals surface area contributed by atoms with Gasteiger partial charge in [-0.2, -0.15) is 0 Å². The average molecular weight is 262 g/mol. The van der Waals surface area contributed by atoms with E-state index in [1.165, 1.54) is 0 Å². The van der Waals surface area contributed by atoms with E-state index in [0.29, 0.717) is 32.5 Å². The van der Waals surface area contributed by atoms with Crippen molar-refractivity contribution in [1.82, 2.24) is 0 Å². The Morgan fingerprint density at radius 3 is 1.39 bits per heavy atom. The molecule has 2 aromatic carbocycles. The van der Waals surface area contributed by atoms with Crippen molar-refractivity contribution in [3.8, 4) is 0 Å². The summed E-state index contributed by atoms with van der Waals surface area (Å²) < 4.78 is 12.3. The summed E-state index contributed by atoms with van der Waals surface area (Å²) in [4.78, 5) is 1.15. The lowest BCUT2D eigenvalue weighted by molar-refractivity contribution is 0.683. The molecule has 6 heteroatoms. The van der Waals surface area contributed by atoms with Crippen molar-refractivity contribution in [2.45, 2.75) is 9.79 Å². The zero-order valence-electron chi connectivity index (χ0n) is 9.59. The van der Waals surface area contributed by atoms with E-state index in [9.17, 15) is 4.21 Å². The van der Waals surface area contributed by atoms with Crippen LogP contribution in [-0.2, 0) is 10.8 Å². The summed E-state index contributed by atoms with van der Waals surface area (Å²) in [7, 11) is -1.36. The molecule has 2 rings (SSSR count). The first-order chi connectivity index (χ1) is 8.49. The molecule has 5 nitrogen and oxygen atoms in total. The van der Waals surface area contributed by atoms with Crippen LogP contribution in [0, 0.1) is 0 Å². The van der Waals surface area contributed by atoms with E-state index in [0.717, 1.165) is 0 Å². The molecular formula is C12H14N4OS. The fourth-order valence-electron chi connectivity index (χ4n) is 1.47. The van der Waals surface area contributed by atoms with E-state index >= 15 is 0 Å². The summed E-state index contributed by atoms with van der Waals surface area (Å²) in [6, 6.07) is 9.80. The van der Waals surface area contributed by atoms with Crippen LogP contribution in [-0.4, -0.2) is 4.21 Å². The minimum atomic E-state index is -1.36. The Morgan fingerprint density at radius 2 is 1.06 bits per heavy atom. The van der Waals surface area contributed by atoms with E-state index in [1.54, 1.807) is 36.4 Å². The summed E-state index contributed by atoms with van der Waals surface area (Å²) in [5.41, 5.74) is 24.3. The number of nitrogens with two attached hydrogens (primary N) is 4. The minimum Gasteiger partial charge on any atom is -0.397 e. The highest BCUT2D eigenvalue weighted by Crippen LogP contribution is 2.25. The molecule has 0 radical (unpaired) electrons. The van der Waals surface area contributed by atoms with E-state index in [1.807, 2.05) is 0 Å². The van der Waals surface area contributed by atoms with Crippen LogP contribution in [0.3, 0.4) is 0 Å². The second kappa shape index (κ2) is 4.58. The molecule has 2 aromatic rings. The zero-order valence-corrected chi connectivity index (χ0v) is 10.4. The van der Waals surface area contributed by atoms with Gasteiger partial charge in [0.2, 0.25) is 0 Å². The van der Waals surface area contributed by atoms with Crippen molar-refractivity contribution in [3.63, 3.8) is 0 Å². The molecule has 0 saturated carbocycles. The van der Waals surface area contributed by atoms with E-state index in [2.05, 4.69) is 0 Å². The lowest BCUT2D eigenvalue weighted by atomic mass is 10.3. The Kier molecular flexibility index (Phi) is 3.12. The van der Waals surface area contributed by atoms with Crippen LogP contribution in [0.1, 0.15) is 0 Å². The molecular weight excluding hydrogens is 248 g/mol. The number of rotatable bonds is 2. The summed E-state index contributed by atoms with van der Waals surface area (Å²) in [6.07, 6.45) is 0. The highest BCUT2D eigenvalue weighted by atomic mass is 32.2. The molecule has 0 heterocycles. The third-order valence-electron chi connectivity index (χ3n) is 2.54. The van der Waals surface area contributed by atoms with Crippen LogP contribution in [0.15, 0.2) is 46.2 Å². The molecule has 0 amide bonds. The van der Waals surface area contributed by atoms with Gasteiger partial charge in [0.15, 0.2) is 0 Å². The quantitative estimate of drug-likeness (QED) is 0.605. The molecule has 0 unspecified atom stereocenters. The summed E-state index contributed by atoms with van der Waals surface area (Å²) in [6.45, 7) is 0. The summed E-state index contributed by atoms with van der Waals surface area (Å²) in [5.74, 6) is 0. The third kappa shape index (κ3) is 2.23. The van der Waals surface area contributed by atoms with Crippen LogP contribution in [0.4, 0.5) is 22.7 Å². The molecule has 0 atom stereocenters.